The van der Waals surface area contributed by atoms with E-state index in [9.17, 15) is 0 Å². The van der Waals surface area contributed by atoms with E-state index in [0.717, 1.165) is 101 Å². The van der Waals surface area contributed by atoms with Crippen LogP contribution in [0.3, 0.4) is 0 Å². The minimum Gasteiger partial charge on any atom is -0.310 e. The van der Waals surface area contributed by atoms with Crippen molar-refractivity contribution in [2.24, 2.45) is 0 Å². The van der Waals surface area contributed by atoms with Crippen molar-refractivity contribution in [1.82, 2.24) is 13.7 Å². The Balaban J connectivity index is 0.648. The zero-order valence-electron chi connectivity index (χ0n) is 71.7. The molecule has 0 saturated heterocycles. The van der Waals surface area contributed by atoms with Crippen LogP contribution in [-0.4, -0.2) is 13.7 Å². The summed E-state index contributed by atoms with van der Waals surface area (Å²) in [6.07, 6.45) is 0. The Labute approximate surface area is 760 Å². The normalized spacial score (nSPS) is 12.1. The van der Waals surface area contributed by atoms with Gasteiger partial charge in [-0.15, -0.1) is 0 Å². The second kappa shape index (κ2) is 29.0. The van der Waals surface area contributed by atoms with Crippen LogP contribution in [0.15, 0.2) is 473 Å². The largest absolute Gasteiger partial charge is 0.310 e. The molecule has 3 aromatic heterocycles. The van der Waals surface area contributed by atoms with Crippen molar-refractivity contribution in [2.45, 2.75) is 0 Å². The molecule has 28 aromatic rings. The molecule has 3 heterocycles. The fourth-order valence-corrected chi connectivity index (χ4v) is 22.7. The number of fused-ring (bicyclic) bond motifs is 9. The van der Waals surface area contributed by atoms with Crippen molar-refractivity contribution in [1.29, 1.82) is 0 Å². The Hall–Kier alpha value is -17.6. The van der Waals surface area contributed by atoms with Crippen LogP contribution in [0.2, 0.25) is 0 Å². The van der Waals surface area contributed by atoms with Gasteiger partial charge in [0.1, 0.15) is 0 Å². The summed E-state index contributed by atoms with van der Waals surface area (Å²) in [5, 5.41) is 29.0. The van der Waals surface area contributed by atoms with Crippen LogP contribution in [0.25, 0.3) is 213 Å². The van der Waals surface area contributed by atoms with Gasteiger partial charge in [-0.25, -0.2) is 0 Å². The van der Waals surface area contributed by atoms with Gasteiger partial charge in [-0.1, -0.05) is 291 Å². The molecule has 28 rings (SSSR count). The van der Waals surface area contributed by atoms with Crippen LogP contribution in [0.1, 0.15) is 0 Å². The molecule has 612 valence electrons. The van der Waals surface area contributed by atoms with Gasteiger partial charge in [-0.3, -0.25) is 0 Å². The molecule has 0 aliphatic heterocycles. The third kappa shape index (κ3) is 11.1. The standard InChI is InChI=1S/C126H78N6/c1-7-25-88(26-8-1)127(94-55-70-118-109(76-94)100-37-19-22-40-112(100)130(118)91-31-13-4-14-32-91)115-67-52-82-46-61-103-97(58-43-79-49-64-106(115)124(82)121(79)103)85-73-86(98-59-44-80-50-65-107-116(68-53-83-47-62-104(98)122(80)125(83)107)128(89-27-9-2-10-28-89)95-56-71-119-110(77-95)101-38-20-23-41-113(101)131(119)92-33-15-5-16-34-92)75-87(74-85)99-60-45-81-51-66-108-117(69-54-84-48-63-105(99)123(81)126(84)108)129(90-29-11-3-12-30-90)96-57-72-120-111(78-96)102-39-21-24-42-114(102)132(120)93-35-17-6-18-36-93/h1-78H. The lowest BCUT2D eigenvalue weighted by molar-refractivity contribution is 1.18. The predicted molar refractivity (Wildman–Crippen MR) is 561 cm³/mol. The topological polar surface area (TPSA) is 24.5 Å². The van der Waals surface area contributed by atoms with E-state index in [-0.39, 0.29) is 0 Å². The number of nitrogens with zero attached hydrogens (tertiary/aromatic N) is 6. The minimum atomic E-state index is 1.09. The predicted octanol–water partition coefficient (Wildman–Crippen LogP) is 35.1. The second-order valence-corrected chi connectivity index (χ2v) is 35.3. The summed E-state index contributed by atoms with van der Waals surface area (Å²) < 4.78 is 7.21. The quantitative estimate of drug-likeness (QED) is 0.0956. The Morgan fingerprint density at radius 3 is 0.636 bits per heavy atom. The lowest BCUT2D eigenvalue weighted by atomic mass is 9.84. The molecule has 0 aliphatic carbocycles. The van der Waals surface area contributed by atoms with E-state index in [1.807, 2.05) is 0 Å². The maximum absolute atomic E-state index is 2.50. The minimum absolute atomic E-state index is 1.09. The molecule has 0 bridgehead atoms. The average molecular weight is 1680 g/mol. The fraction of sp³-hybridized carbons (Fsp3) is 0. The van der Waals surface area contributed by atoms with Crippen molar-refractivity contribution in [3.63, 3.8) is 0 Å². The van der Waals surface area contributed by atoms with Crippen molar-refractivity contribution in [2.75, 3.05) is 14.7 Å². The molecule has 0 unspecified atom stereocenters. The van der Waals surface area contributed by atoms with Crippen molar-refractivity contribution in [3.05, 3.63) is 473 Å². The molecule has 0 aliphatic rings. The van der Waals surface area contributed by atoms with E-state index in [0.29, 0.717) is 0 Å². The molecule has 0 spiro atoms. The number of rotatable bonds is 15. The first-order chi connectivity index (χ1) is 65.5. The Morgan fingerprint density at radius 2 is 0.356 bits per heavy atom. The smallest absolute Gasteiger partial charge is 0.0542 e. The molecular weight excluding hydrogens is 1600 g/mol. The summed E-state index contributed by atoms with van der Waals surface area (Å²) in [6, 6.07) is 177. The molecule has 0 atom stereocenters. The molecule has 0 saturated carbocycles. The summed E-state index contributed by atoms with van der Waals surface area (Å²) in [6.45, 7) is 0. The van der Waals surface area contributed by atoms with Crippen LogP contribution < -0.4 is 14.7 Å². The Morgan fingerprint density at radius 1 is 0.136 bits per heavy atom. The Kier molecular flexibility index (Phi) is 16.2. The van der Waals surface area contributed by atoms with Gasteiger partial charge < -0.3 is 28.4 Å². The van der Waals surface area contributed by atoms with E-state index < -0.39 is 0 Å². The van der Waals surface area contributed by atoms with Crippen molar-refractivity contribution < 1.29 is 0 Å². The van der Waals surface area contributed by atoms with Crippen molar-refractivity contribution in [3.8, 4) is 50.4 Å². The highest BCUT2D eigenvalue weighted by Gasteiger charge is 2.29. The number of aromatic nitrogens is 3. The van der Waals surface area contributed by atoms with Crippen LogP contribution >= 0.6 is 0 Å². The van der Waals surface area contributed by atoms with Gasteiger partial charge in [0.2, 0.25) is 0 Å². The van der Waals surface area contributed by atoms with E-state index in [1.165, 1.54) is 163 Å². The second-order valence-electron chi connectivity index (χ2n) is 35.3. The zero-order valence-corrected chi connectivity index (χ0v) is 71.7. The first-order valence-corrected chi connectivity index (χ1v) is 45.6. The maximum Gasteiger partial charge on any atom is 0.0542 e. The maximum atomic E-state index is 2.50. The van der Waals surface area contributed by atoms with Crippen LogP contribution in [0.4, 0.5) is 51.2 Å². The third-order valence-electron chi connectivity index (χ3n) is 28.3. The summed E-state index contributed by atoms with van der Waals surface area (Å²) in [5.41, 5.74) is 27.2. The number of hydrogen-bond acceptors (Lipinski definition) is 3. The molecule has 25 aromatic carbocycles. The molecule has 6 nitrogen and oxygen atoms in total. The van der Waals surface area contributed by atoms with E-state index in [1.54, 1.807) is 0 Å². The van der Waals surface area contributed by atoms with Gasteiger partial charge in [0.15, 0.2) is 0 Å². The van der Waals surface area contributed by atoms with Crippen molar-refractivity contribution >= 4 is 214 Å². The number of benzene rings is 25. The number of para-hydroxylation sites is 9. The van der Waals surface area contributed by atoms with E-state index in [2.05, 4.69) is 502 Å². The SMILES string of the molecule is c1ccc(N(c2ccc3c(c2)c2ccccc2n3-c2ccccc2)c2ccc3ccc4c(-c5cc(-c6ccc7ccc8c(N(c9ccccc9)c9ccc%10c(c9)c9ccccc9n%10-c9ccccc9)ccc9ccc6c7c98)cc(-c6ccc7ccc8c(N(c9ccccc9)c9ccc%10c(c9)c9ccccc9n%10-c9ccccc9)ccc9ccc6c7c98)c5)ccc5ccc2c3c54)cc1. The summed E-state index contributed by atoms with van der Waals surface area (Å²) in [7, 11) is 0. The molecule has 0 radical (unpaired) electrons. The van der Waals surface area contributed by atoms with Gasteiger partial charge in [-0.05, 0) is 296 Å². The summed E-state index contributed by atoms with van der Waals surface area (Å²) in [4.78, 5) is 7.43. The van der Waals surface area contributed by atoms with Crippen LogP contribution in [0, 0.1) is 0 Å². The van der Waals surface area contributed by atoms with Gasteiger partial charge in [0.25, 0.3) is 0 Å². The number of anilines is 9. The average Bonchev–Trinajstić information content (AvgIpc) is 1.24. The highest BCUT2D eigenvalue weighted by atomic mass is 15.2. The molecule has 0 N–H and O–H groups in total. The van der Waals surface area contributed by atoms with Gasteiger partial charge >= 0.3 is 0 Å². The molecule has 0 amide bonds. The first kappa shape index (κ1) is 73.6. The summed E-state index contributed by atoms with van der Waals surface area (Å²) >= 11 is 0. The van der Waals surface area contributed by atoms with E-state index in [4.69, 9.17) is 0 Å². The third-order valence-corrected chi connectivity index (χ3v) is 28.3. The highest BCUT2D eigenvalue weighted by Crippen LogP contribution is 2.54. The monoisotopic (exact) mass is 1670 g/mol. The van der Waals surface area contributed by atoms with Gasteiger partial charge in [0.05, 0.1) is 50.2 Å². The highest BCUT2D eigenvalue weighted by molar-refractivity contribution is 6.32. The van der Waals surface area contributed by atoms with Crippen LogP contribution in [0.5, 0.6) is 0 Å². The lowest BCUT2D eigenvalue weighted by Gasteiger charge is -2.28. The lowest BCUT2D eigenvalue weighted by Crippen LogP contribution is -2.10. The molecule has 6 heteroatoms. The molecule has 132 heavy (non-hydrogen) atoms. The molecular formula is C126H78N6. The zero-order chi connectivity index (χ0) is 86.3. The Bertz CT molecular complexity index is 8650. The van der Waals surface area contributed by atoms with Crippen LogP contribution in [-0.2, 0) is 0 Å². The van der Waals surface area contributed by atoms with Gasteiger partial charge in [0, 0.05) is 99.7 Å². The van der Waals surface area contributed by atoms with Gasteiger partial charge in [-0.2, -0.15) is 0 Å². The molecule has 0 fully saturated rings. The van der Waals surface area contributed by atoms with E-state index >= 15 is 0 Å². The fourth-order valence-electron chi connectivity index (χ4n) is 22.7. The summed E-state index contributed by atoms with van der Waals surface area (Å²) in [5.74, 6) is 0. The first-order valence-electron chi connectivity index (χ1n) is 45.6. The number of hydrogen-bond donors (Lipinski definition) is 0.